The lowest BCUT2D eigenvalue weighted by Crippen LogP contribution is -2.08. The summed E-state index contributed by atoms with van der Waals surface area (Å²) in [5, 5.41) is 0.701. The van der Waals surface area contributed by atoms with Crippen LogP contribution >= 0.6 is 11.6 Å². The van der Waals surface area contributed by atoms with Crippen LogP contribution in [0.5, 0.6) is 5.75 Å². The molecule has 1 rings (SSSR count). The summed E-state index contributed by atoms with van der Waals surface area (Å²) in [5.74, 6) is 0.839. The Kier molecular flexibility index (Phi) is 6.27. The zero-order valence-electron chi connectivity index (χ0n) is 9.96. The van der Waals surface area contributed by atoms with Gasteiger partial charge in [0.25, 0.3) is 0 Å². The van der Waals surface area contributed by atoms with Gasteiger partial charge in [0, 0.05) is 11.6 Å². The molecule has 0 atom stereocenters. The summed E-state index contributed by atoms with van der Waals surface area (Å²) in [6.45, 7) is 6.17. The fraction of sp³-hybridized carbons (Fsp3) is 0.538. The van der Waals surface area contributed by atoms with Crippen LogP contribution in [0, 0.1) is 6.92 Å². The molecule has 16 heavy (non-hydrogen) atoms. The molecule has 0 N–H and O–H groups in total. The van der Waals surface area contributed by atoms with Crippen LogP contribution in [0.2, 0.25) is 5.02 Å². The Labute approximate surface area is 103 Å². The predicted octanol–water partition coefficient (Wildman–Crippen LogP) is 3.84. The van der Waals surface area contributed by atoms with Gasteiger partial charge in [0.05, 0.1) is 6.61 Å². The van der Waals surface area contributed by atoms with Gasteiger partial charge in [-0.3, -0.25) is 0 Å². The van der Waals surface area contributed by atoms with Crippen LogP contribution in [0.4, 0.5) is 0 Å². The lowest BCUT2D eigenvalue weighted by molar-refractivity contribution is 0.0978. The first-order valence-corrected chi connectivity index (χ1v) is 6.08. The molecule has 0 saturated heterocycles. The Morgan fingerprint density at radius 2 is 2.00 bits per heavy atom. The predicted molar refractivity (Wildman–Crippen MR) is 67.4 cm³/mol. The van der Waals surface area contributed by atoms with E-state index in [-0.39, 0.29) is 0 Å². The molecular weight excluding hydrogens is 224 g/mol. The molecule has 0 spiro atoms. The maximum absolute atomic E-state index is 5.89. The Bertz CT molecular complexity index is 313. The topological polar surface area (TPSA) is 18.5 Å². The van der Waals surface area contributed by atoms with Crippen molar-refractivity contribution >= 4 is 11.6 Å². The van der Waals surface area contributed by atoms with Crippen LogP contribution in [-0.2, 0) is 4.74 Å². The molecule has 0 aliphatic heterocycles. The molecule has 3 heteroatoms. The molecule has 1 aromatic carbocycles. The highest BCUT2D eigenvalue weighted by atomic mass is 35.5. The molecule has 0 unspecified atom stereocenters. The van der Waals surface area contributed by atoms with E-state index in [1.807, 2.05) is 25.1 Å². The van der Waals surface area contributed by atoms with Crippen molar-refractivity contribution in [1.29, 1.82) is 0 Å². The molecule has 0 aliphatic carbocycles. The van der Waals surface area contributed by atoms with Gasteiger partial charge in [-0.25, -0.2) is 0 Å². The summed E-state index contributed by atoms with van der Waals surface area (Å²) < 4.78 is 11.0. The maximum atomic E-state index is 5.89. The fourth-order valence-electron chi connectivity index (χ4n) is 1.29. The second-order valence-corrected chi connectivity index (χ2v) is 4.16. The standard InChI is InChI=1S/C13H19ClO2/c1-3-4-7-15-8-9-16-13-10-12(14)6-5-11(13)2/h5-6,10H,3-4,7-9H2,1-2H3. The van der Waals surface area contributed by atoms with E-state index >= 15 is 0 Å². The normalized spacial score (nSPS) is 10.4. The molecule has 2 nitrogen and oxygen atoms in total. The Hall–Kier alpha value is -0.730. The summed E-state index contributed by atoms with van der Waals surface area (Å²) in [7, 11) is 0. The molecule has 0 heterocycles. The minimum Gasteiger partial charge on any atom is -0.491 e. The third-order valence-electron chi connectivity index (χ3n) is 2.28. The van der Waals surface area contributed by atoms with E-state index in [1.165, 1.54) is 0 Å². The average Bonchev–Trinajstić information content (AvgIpc) is 2.28. The quantitative estimate of drug-likeness (QED) is 0.677. The zero-order valence-corrected chi connectivity index (χ0v) is 10.7. The maximum Gasteiger partial charge on any atom is 0.123 e. The molecule has 0 saturated carbocycles. The second kappa shape index (κ2) is 7.53. The van der Waals surface area contributed by atoms with E-state index in [1.54, 1.807) is 0 Å². The summed E-state index contributed by atoms with van der Waals surface area (Å²) >= 11 is 5.89. The highest BCUT2D eigenvalue weighted by Crippen LogP contribution is 2.22. The first-order valence-electron chi connectivity index (χ1n) is 5.70. The molecule has 0 fully saturated rings. The van der Waals surface area contributed by atoms with Crippen LogP contribution in [0.15, 0.2) is 18.2 Å². The lowest BCUT2D eigenvalue weighted by atomic mass is 10.2. The van der Waals surface area contributed by atoms with Crippen molar-refractivity contribution in [3.05, 3.63) is 28.8 Å². The van der Waals surface area contributed by atoms with Gasteiger partial charge in [0.15, 0.2) is 0 Å². The van der Waals surface area contributed by atoms with E-state index in [0.29, 0.717) is 18.2 Å². The number of unbranched alkanes of at least 4 members (excludes halogenated alkanes) is 1. The number of benzene rings is 1. The largest absolute Gasteiger partial charge is 0.491 e. The van der Waals surface area contributed by atoms with E-state index in [9.17, 15) is 0 Å². The zero-order chi connectivity index (χ0) is 11.8. The molecule has 0 aliphatic rings. The third-order valence-corrected chi connectivity index (χ3v) is 2.51. The van der Waals surface area contributed by atoms with Crippen LogP contribution in [-0.4, -0.2) is 19.8 Å². The second-order valence-electron chi connectivity index (χ2n) is 3.72. The van der Waals surface area contributed by atoms with Crippen LogP contribution in [0.1, 0.15) is 25.3 Å². The first-order chi connectivity index (χ1) is 7.74. The molecule has 0 radical (unpaired) electrons. The van der Waals surface area contributed by atoms with Crippen molar-refractivity contribution in [3.63, 3.8) is 0 Å². The number of hydrogen-bond acceptors (Lipinski definition) is 2. The van der Waals surface area contributed by atoms with Gasteiger partial charge in [0.1, 0.15) is 12.4 Å². The molecule has 1 aromatic rings. The van der Waals surface area contributed by atoms with E-state index in [0.717, 1.165) is 30.8 Å². The van der Waals surface area contributed by atoms with Crippen molar-refractivity contribution in [3.8, 4) is 5.75 Å². The highest BCUT2D eigenvalue weighted by molar-refractivity contribution is 6.30. The lowest BCUT2D eigenvalue weighted by Gasteiger charge is -2.09. The van der Waals surface area contributed by atoms with Crippen molar-refractivity contribution in [1.82, 2.24) is 0 Å². The van der Waals surface area contributed by atoms with Gasteiger partial charge in [-0.1, -0.05) is 31.0 Å². The monoisotopic (exact) mass is 242 g/mol. The minimum atomic E-state index is 0.574. The summed E-state index contributed by atoms with van der Waals surface area (Å²) in [5.41, 5.74) is 1.10. The van der Waals surface area contributed by atoms with Crippen molar-refractivity contribution in [2.75, 3.05) is 19.8 Å². The van der Waals surface area contributed by atoms with Crippen molar-refractivity contribution < 1.29 is 9.47 Å². The molecular formula is C13H19ClO2. The average molecular weight is 243 g/mol. The van der Waals surface area contributed by atoms with E-state index in [4.69, 9.17) is 21.1 Å². The van der Waals surface area contributed by atoms with Crippen molar-refractivity contribution in [2.45, 2.75) is 26.7 Å². The summed E-state index contributed by atoms with van der Waals surface area (Å²) in [6, 6.07) is 5.65. The van der Waals surface area contributed by atoms with Gasteiger partial charge in [-0.15, -0.1) is 0 Å². The molecule has 90 valence electrons. The smallest absolute Gasteiger partial charge is 0.123 e. The molecule has 0 aromatic heterocycles. The Balaban J connectivity index is 2.23. The fourth-order valence-corrected chi connectivity index (χ4v) is 1.45. The van der Waals surface area contributed by atoms with Crippen LogP contribution in [0.25, 0.3) is 0 Å². The van der Waals surface area contributed by atoms with Crippen LogP contribution < -0.4 is 4.74 Å². The molecule has 0 amide bonds. The van der Waals surface area contributed by atoms with Gasteiger partial charge in [0.2, 0.25) is 0 Å². The first kappa shape index (κ1) is 13.3. The number of rotatable bonds is 7. The number of ether oxygens (including phenoxy) is 2. The number of aryl methyl sites for hydroxylation is 1. The van der Waals surface area contributed by atoms with E-state index < -0.39 is 0 Å². The Morgan fingerprint density at radius 3 is 2.75 bits per heavy atom. The van der Waals surface area contributed by atoms with E-state index in [2.05, 4.69) is 6.92 Å². The van der Waals surface area contributed by atoms with Gasteiger partial charge < -0.3 is 9.47 Å². The van der Waals surface area contributed by atoms with Crippen molar-refractivity contribution in [2.24, 2.45) is 0 Å². The summed E-state index contributed by atoms with van der Waals surface area (Å²) in [4.78, 5) is 0. The SMILES string of the molecule is CCCCOCCOc1cc(Cl)ccc1C. The van der Waals surface area contributed by atoms with Gasteiger partial charge in [-0.05, 0) is 31.0 Å². The number of hydrogen-bond donors (Lipinski definition) is 0. The minimum absolute atomic E-state index is 0.574. The van der Waals surface area contributed by atoms with Gasteiger partial charge >= 0.3 is 0 Å². The molecule has 0 bridgehead atoms. The van der Waals surface area contributed by atoms with Gasteiger partial charge in [-0.2, -0.15) is 0 Å². The Morgan fingerprint density at radius 1 is 1.19 bits per heavy atom. The highest BCUT2D eigenvalue weighted by Gasteiger charge is 2.00. The number of halogens is 1. The van der Waals surface area contributed by atoms with Crippen LogP contribution in [0.3, 0.4) is 0 Å². The third kappa shape index (κ3) is 4.86. The summed E-state index contributed by atoms with van der Waals surface area (Å²) in [6.07, 6.45) is 2.27.